The molecule has 1 saturated heterocycles. The van der Waals surface area contributed by atoms with Crippen LogP contribution in [0.1, 0.15) is 44.6 Å². The standard InChI is InChI=1S/C25H26N2O7S2/c1-2-32-25(24(33-34-25)18-9-15-8-16(11-18)12-19(24)10-15)17-4-3-5-21(13-17)35-36-23-7-6-20(26(28)29)14-22(23)27(30)31/h3-7,13-16,18-19H,2,8-12H2,1H3. The molecule has 36 heavy (non-hydrogen) atoms. The molecule has 9 nitrogen and oxygen atoms in total. The molecule has 2 aromatic carbocycles. The van der Waals surface area contributed by atoms with Crippen molar-refractivity contribution >= 4 is 33.0 Å². The summed E-state index contributed by atoms with van der Waals surface area (Å²) in [6, 6.07) is 11.6. The Balaban J connectivity index is 1.29. The van der Waals surface area contributed by atoms with Crippen LogP contribution in [-0.4, -0.2) is 22.1 Å². The smallest absolute Gasteiger partial charge is 0.290 e. The van der Waals surface area contributed by atoms with Crippen molar-refractivity contribution in [2.45, 2.75) is 60.2 Å². The number of nitro benzene ring substituents is 2. The molecule has 7 rings (SSSR count). The number of benzene rings is 2. The molecule has 2 aromatic rings. The Morgan fingerprint density at radius 2 is 1.67 bits per heavy atom. The van der Waals surface area contributed by atoms with Crippen molar-refractivity contribution in [3.05, 3.63) is 68.3 Å². The molecule has 0 radical (unpaired) electrons. The first-order chi connectivity index (χ1) is 17.4. The number of ether oxygens (including phenoxy) is 1. The Labute approximate surface area is 215 Å². The maximum atomic E-state index is 11.5. The van der Waals surface area contributed by atoms with Gasteiger partial charge in [-0.25, -0.2) is 4.89 Å². The third-order valence-electron chi connectivity index (χ3n) is 8.30. The SMILES string of the molecule is CCOC1(c2cccc(SSc3ccc([N+](=O)[O-])cc3[N+](=O)[O-])c2)OOC12C1CC3CC(C1)CC2C3. The molecule has 1 heterocycles. The molecule has 4 bridgehead atoms. The zero-order valence-electron chi connectivity index (χ0n) is 19.7. The van der Waals surface area contributed by atoms with Gasteiger partial charge in [-0.1, -0.05) is 22.9 Å². The van der Waals surface area contributed by atoms with E-state index in [2.05, 4.69) is 0 Å². The topological polar surface area (TPSA) is 114 Å². The number of non-ortho nitro benzene ring substituents is 1. The number of nitro groups is 2. The van der Waals surface area contributed by atoms with Gasteiger partial charge < -0.3 is 4.74 Å². The second-order valence-electron chi connectivity index (χ2n) is 10.2. The Morgan fingerprint density at radius 1 is 0.944 bits per heavy atom. The van der Waals surface area contributed by atoms with Crippen molar-refractivity contribution in [3.63, 3.8) is 0 Å². The number of rotatable bonds is 8. The lowest BCUT2D eigenvalue weighted by molar-refractivity contribution is -0.648. The lowest BCUT2D eigenvalue weighted by atomic mass is 9.47. The van der Waals surface area contributed by atoms with Crippen molar-refractivity contribution in [2.75, 3.05) is 6.61 Å². The minimum Gasteiger partial charge on any atom is -0.342 e. The summed E-state index contributed by atoms with van der Waals surface area (Å²) in [4.78, 5) is 34.6. The van der Waals surface area contributed by atoms with Crippen molar-refractivity contribution in [1.82, 2.24) is 0 Å². The van der Waals surface area contributed by atoms with Crippen molar-refractivity contribution < 1.29 is 24.4 Å². The number of hydrogen-bond acceptors (Lipinski definition) is 9. The quantitative estimate of drug-likeness (QED) is 0.160. The lowest BCUT2D eigenvalue weighted by Crippen LogP contribution is -2.76. The van der Waals surface area contributed by atoms with Crippen LogP contribution in [0.5, 0.6) is 0 Å². The van der Waals surface area contributed by atoms with E-state index in [1.54, 1.807) is 0 Å². The maximum Gasteiger partial charge on any atom is 0.290 e. The van der Waals surface area contributed by atoms with Gasteiger partial charge in [-0.3, -0.25) is 20.2 Å². The predicted octanol–water partition coefficient (Wildman–Crippen LogP) is 6.65. The van der Waals surface area contributed by atoms with Gasteiger partial charge in [0.25, 0.3) is 17.2 Å². The Bertz CT molecular complexity index is 1200. The highest BCUT2D eigenvalue weighted by molar-refractivity contribution is 8.76. The van der Waals surface area contributed by atoms with Gasteiger partial charge in [-0.2, -0.15) is 4.89 Å². The van der Waals surface area contributed by atoms with E-state index in [0.717, 1.165) is 54.0 Å². The molecular formula is C25H26N2O7S2. The Morgan fingerprint density at radius 3 is 2.25 bits per heavy atom. The monoisotopic (exact) mass is 530 g/mol. The Hall–Kier alpha value is -2.18. The van der Waals surface area contributed by atoms with E-state index < -0.39 is 21.2 Å². The number of hydrogen-bond donors (Lipinski definition) is 0. The first-order valence-electron chi connectivity index (χ1n) is 12.2. The molecule has 5 fully saturated rings. The fourth-order valence-electron chi connectivity index (χ4n) is 7.15. The minimum absolute atomic E-state index is 0.285. The highest BCUT2D eigenvalue weighted by Gasteiger charge is 2.76. The minimum atomic E-state index is -0.967. The molecule has 4 aliphatic carbocycles. The average molecular weight is 531 g/mol. The summed E-state index contributed by atoms with van der Waals surface area (Å²) < 4.78 is 6.42. The van der Waals surface area contributed by atoms with E-state index in [0.29, 0.717) is 23.3 Å². The van der Waals surface area contributed by atoms with Crippen LogP contribution in [0.2, 0.25) is 0 Å². The Kier molecular flexibility index (Phi) is 6.03. The molecule has 1 spiro atoms. The first-order valence-corrected chi connectivity index (χ1v) is 14.4. The van der Waals surface area contributed by atoms with Crippen LogP contribution >= 0.6 is 21.6 Å². The van der Waals surface area contributed by atoms with E-state index in [1.807, 2.05) is 31.2 Å². The van der Waals surface area contributed by atoms with Crippen LogP contribution in [0.15, 0.2) is 52.3 Å². The fourth-order valence-corrected chi connectivity index (χ4v) is 9.28. The molecule has 4 saturated carbocycles. The summed E-state index contributed by atoms with van der Waals surface area (Å²) in [6.07, 6.45) is 5.95. The van der Waals surface area contributed by atoms with Crippen molar-refractivity contribution in [1.29, 1.82) is 0 Å². The highest BCUT2D eigenvalue weighted by atomic mass is 33.1. The third kappa shape index (κ3) is 3.59. The van der Waals surface area contributed by atoms with Gasteiger partial charge in [0.1, 0.15) is 0 Å². The van der Waals surface area contributed by atoms with Gasteiger partial charge in [-0.05, 0) is 91.7 Å². The largest absolute Gasteiger partial charge is 0.342 e. The summed E-state index contributed by atoms with van der Waals surface area (Å²) in [5, 5.41) is 22.6. The van der Waals surface area contributed by atoms with E-state index in [-0.39, 0.29) is 11.4 Å². The second kappa shape index (κ2) is 8.98. The van der Waals surface area contributed by atoms with Crippen LogP contribution in [0.3, 0.4) is 0 Å². The van der Waals surface area contributed by atoms with Gasteiger partial charge in [-0.15, -0.1) is 0 Å². The zero-order valence-corrected chi connectivity index (χ0v) is 21.3. The van der Waals surface area contributed by atoms with Gasteiger partial charge in [0.05, 0.1) is 20.8 Å². The molecular weight excluding hydrogens is 504 g/mol. The molecule has 0 aromatic heterocycles. The highest BCUT2D eigenvalue weighted by Crippen LogP contribution is 2.69. The van der Waals surface area contributed by atoms with Crippen LogP contribution in [0.25, 0.3) is 0 Å². The van der Waals surface area contributed by atoms with E-state index in [9.17, 15) is 20.2 Å². The van der Waals surface area contributed by atoms with E-state index in [4.69, 9.17) is 14.5 Å². The van der Waals surface area contributed by atoms with Crippen molar-refractivity contribution in [3.8, 4) is 0 Å². The predicted molar refractivity (Wildman–Crippen MR) is 133 cm³/mol. The summed E-state index contributed by atoms with van der Waals surface area (Å²) in [5.74, 6) is 1.39. The van der Waals surface area contributed by atoms with Crippen LogP contribution in [-0.2, 0) is 20.3 Å². The van der Waals surface area contributed by atoms with Gasteiger partial charge in [0, 0.05) is 23.1 Å². The summed E-state index contributed by atoms with van der Waals surface area (Å²) >= 11 is 0. The van der Waals surface area contributed by atoms with Crippen LogP contribution in [0.4, 0.5) is 11.4 Å². The number of nitrogens with zero attached hydrogens (tertiary/aromatic N) is 2. The zero-order chi connectivity index (χ0) is 25.1. The molecule has 0 amide bonds. The molecule has 190 valence electrons. The summed E-state index contributed by atoms with van der Waals surface area (Å²) in [6.45, 7) is 2.45. The van der Waals surface area contributed by atoms with Gasteiger partial charge in [0.15, 0.2) is 5.60 Å². The second-order valence-corrected chi connectivity index (χ2v) is 12.4. The van der Waals surface area contributed by atoms with Gasteiger partial charge in [0.2, 0.25) is 0 Å². The van der Waals surface area contributed by atoms with Gasteiger partial charge >= 0.3 is 0 Å². The molecule has 0 N–H and O–H groups in total. The van der Waals surface area contributed by atoms with E-state index >= 15 is 0 Å². The summed E-state index contributed by atoms with van der Waals surface area (Å²) in [7, 11) is 2.55. The average Bonchev–Trinajstić information content (AvgIpc) is 2.84. The third-order valence-corrected chi connectivity index (χ3v) is 10.7. The maximum absolute atomic E-state index is 11.5. The van der Waals surface area contributed by atoms with Crippen LogP contribution in [0, 0.1) is 43.9 Å². The molecule has 11 heteroatoms. The first kappa shape index (κ1) is 24.2. The normalized spacial score (nSPS) is 34.0. The van der Waals surface area contributed by atoms with Crippen LogP contribution < -0.4 is 0 Å². The van der Waals surface area contributed by atoms with Crippen molar-refractivity contribution in [2.24, 2.45) is 23.7 Å². The molecule has 1 aliphatic heterocycles. The molecule has 1 atom stereocenters. The lowest BCUT2D eigenvalue weighted by Gasteiger charge is -2.68. The molecule has 1 unspecified atom stereocenters. The summed E-state index contributed by atoms with van der Waals surface area (Å²) in [5.41, 5.74) is -0.178. The molecule has 5 aliphatic rings. The fraction of sp³-hybridized carbons (Fsp3) is 0.520. The van der Waals surface area contributed by atoms with E-state index in [1.165, 1.54) is 40.1 Å².